The lowest BCUT2D eigenvalue weighted by Gasteiger charge is -2.38. The number of amides is 5. The van der Waals surface area contributed by atoms with Crippen LogP contribution in [0.1, 0.15) is 138 Å². The second kappa shape index (κ2) is 14.3. The Morgan fingerprint density at radius 3 is 2.04 bits per heavy atom. The lowest BCUT2D eigenvalue weighted by atomic mass is 9.73. The maximum atomic E-state index is 15.2. The quantitative estimate of drug-likeness (QED) is 0.203. The largest absolute Gasteiger partial charge is 0.343 e. The van der Waals surface area contributed by atoms with Crippen molar-refractivity contribution in [3.05, 3.63) is 12.7 Å². The minimum absolute atomic E-state index is 0.0108. The number of hydrogen-bond donors (Lipinski definition) is 4. The van der Waals surface area contributed by atoms with Crippen LogP contribution in [0.3, 0.4) is 0 Å². The monoisotopic (exact) mass is 812 g/mol. The van der Waals surface area contributed by atoms with E-state index in [1.807, 2.05) is 27.7 Å². The van der Waals surface area contributed by atoms with Gasteiger partial charge in [-0.05, 0) is 106 Å². The van der Waals surface area contributed by atoms with Gasteiger partial charge in [0.1, 0.15) is 23.7 Å². The Balaban J connectivity index is 1.16. The molecule has 14 heteroatoms. The van der Waals surface area contributed by atoms with E-state index in [2.05, 4.69) is 46.0 Å². The number of nitrogens with zero attached hydrogens (tertiary/aromatic N) is 2. The minimum Gasteiger partial charge on any atom is -0.343 e. The summed E-state index contributed by atoms with van der Waals surface area (Å²) in [7, 11) is -3.96. The second-order valence-corrected chi connectivity index (χ2v) is 22.9. The van der Waals surface area contributed by atoms with Gasteiger partial charge in [0.25, 0.3) is 5.91 Å². The fourth-order valence-corrected chi connectivity index (χ4v) is 13.2. The van der Waals surface area contributed by atoms with E-state index in [1.54, 1.807) is 17.9 Å². The lowest BCUT2D eigenvalue weighted by Crippen LogP contribution is -2.63. The third kappa shape index (κ3) is 6.74. The highest BCUT2D eigenvalue weighted by molar-refractivity contribution is 7.91. The molecule has 57 heavy (non-hydrogen) atoms. The van der Waals surface area contributed by atoms with Gasteiger partial charge in [0.2, 0.25) is 33.7 Å². The van der Waals surface area contributed by atoms with Gasteiger partial charge in [0, 0.05) is 17.9 Å². The van der Waals surface area contributed by atoms with Gasteiger partial charge >= 0.3 is 0 Å². The molecule has 318 valence electrons. The van der Waals surface area contributed by atoms with Crippen LogP contribution in [0.25, 0.3) is 0 Å². The van der Waals surface area contributed by atoms with Gasteiger partial charge in [-0.25, -0.2) is 8.42 Å². The molecule has 13 nitrogen and oxygen atoms in total. The van der Waals surface area contributed by atoms with Crippen molar-refractivity contribution in [1.82, 2.24) is 30.5 Å². The second-order valence-electron chi connectivity index (χ2n) is 20.7. The van der Waals surface area contributed by atoms with Crippen LogP contribution >= 0.6 is 0 Å². The number of carbonyl (C=O) groups excluding carboxylic acids is 5. The van der Waals surface area contributed by atoms with Crippen LogP contribution in [0.15, 0.2) is 12.7 Å². The Morgan fingerprint density at radius 1 is 0.842 bits per heavy atom. The average Bonchev–Trinajstić information content (AvgIpc) is 4.01. The fourth-order valence-electron chi connectivity index (χ4n) is 11.8. The molecule has 2 saturated heterocycles. The van der Waals surface area contributed by atoms with E-state index in [9.17, 15) is 27.6 Å². The van der Waals surface area contributed by atoms with Gasteiger partial charge in [-0.1, -0.05) is 73.3 Å². The van der Waals surface area contributed by atoms with E-state index in [1.165, 1.54) is 0 Å². The summed E-state index contributed by atoms with van der Waals surface area (Å²) >= 11 is 0. The Bertz CT molecular complexity index is 1790. The van der Waals surface area contributed by atoms with Crippen molar-refractivity contribution in [2.75, 3.05) is 19.6 Å². The maximum Gasteiger partial charge on any atom is 0.259 e. The number of rotatable bonds is 13. The highest BCUT2D eigenvalue weighted by atomic mass is 32.2. The molecule has 0 radical (unpaired) electrons. The van der Waals surface area contributed by atoms with E-state index >= 15 is 4.79 Å². The first-order chi connectivity index (χ1) is 26.6. The Hall–Kier alpha value is -3.00. The standard InChI is InChI=1S/C43H68N6O7S/c1-9-28-24-43(28,37(54)47-57(55,56)40(8)21-22-40)46-34(51)30-25-42(39(6,7)41(42)19-15-20-41)26-49(30)36(53)32(38(3,4)5)45-35(52)31(27-16-12-11-13-17-27)44-33(50)29-18-14-23-48(29)10-2/h9,27-32H,1,10-26H2,2-8H3,(H,44,50)(H,45,52)(H,46,51)(H,47,54)/t28-,29+,30+,31+,32-,42-,43-/m1/s1. The molecule has 0 unspecified atom stereocenters. The van der Waals surface area contributed by atoms with Gasteiger partial charge in [0.15, 0.2) is 0 Å². The third-order valence-corrected chi connectivity index (χ3v) is 18.6. The first-order valence-corrected chi connectivity index (χ1v) is 23.3. The number of likely N-dealkylation sites (N-methyl/N-ethyl adjacent to an activating group) is 1. The number of likely N-dealkylation sites (tertiary alicyclic amines) is 2. The molecule has 4 N–H and O–H groups in total. The summed E-state index contributed by atoms with van der Waals surface area (Å²) in [6.07, 6.45) is 12.5. The number of fused-ring (bicyclic) bond motifs is 1. The van der Waals surface area contributed by atoms with E-state index < -0.39 is 61.6 Å². The molecule has 2 aliphatic heterocycles. The molecular formula is C43H68N6O7S. The molecule has 7 aliphatic rings. The summed E-state index contributed by atoms with van der Waals surface area (Å²) in [5.74, 6) is -2.71. The number of nitrogens with one attached hydrogen (secondary N) is 4. The predicted octanol–water partition coefficient (Wildman–Crippen LogP) is 3.92. The molecule has 5 aliphatic carbocycles. The highest BCUT2D eigenvalue weighted by Gasteiger charge is 2.85. The van der Waals surface area contributed by atoms with Crippen LogP contribution in [-0.2, 0) is 34.0 Å². The smallest absolute Gasteiger partial charge is 0.259 e. The zero-order valence-electron chi connectivity index (χ0n) is 35.4. The Morgan fingerprint density at radius 2 is 1.51 bits per heavy atom. The van der Waals surface area contributed by atoms with Crippen molar-refractivity contribution in [2.24, 2.45) is 33.5 Å². The van der Waals surface area contributed by atoms with Crippen LogP contribution in [0.4, 0.5) is 0 Å². The molecule has 5 amide bonds. The summed E-state index contributed by atoms with van der Waals surface area (Å²) in [4.78, 5) is 75.8. The lowest BCUT2D eigenvalue weighted by molar-refractivity contribution is -0.145. The van der Waals surface area contributed by atoms with Gasteiger partial charge in [-0.2, -0.15) is 0 Å². The topological polar surface area (TPSA) is 174 Å². The number of sulfonamides is 1. The van der Waals surface area contributed by atoms with Crippen molar-refractivity contribution in [3.63, 3.8) is 0 Å². The molecule has 7 rings (SSSR count). The van der Waals surface area contributed by atoms with Gasteiger partial charge in [-0.3, -0.25) is 33.6 Å². The highest BCUT2D eigenvalue weighted by Crippen LogP contribution is 2.88. The van der Waals surface area contributed by atoms with Crippen molar-refractivity contribution in [1.29, 1.82) is 0 Å². The fraction of sp³-hybridized carbons (Fsp3) is 0.837. The predicted molar refractivity (Wildman–Crippen MR) is 217 cm³/mol. The molecule has 0 aromatic heterocycles. The Labute approximate surface area is 340 Å². The molecule has 7 atom stereocenters. The van der Waals surface area contributed by atoms with Crippen molar-refractivity contribution >= 4 is 39.6 Å². The summed E-state index contributed by atoms with van der Waals surface area (Å²) < 4.78 is 27.5. The van der Waals surface area contributed by atoms with Gasteiger partial charge in [-0.15, -0.1) is 6.58 Å². The van der Waals surface area contributed by atoms with Crippen molar-refractivity contribution in [2.45, 2.75) is 173 Å². The zero-order chi connectivity index (χ0) is 41.6. The molecule has 5 saturated carbocycles. The van der Waals surface area contributed by atoms with Crippen LogP contribution < -0.4 is 20.7 Å². The maximum absolute atomic E-state index is 15.2. The SMILES string of the molecule is C=C[C@@H]1C[C@]1(NC(=O)[C@@H]1C[C@@]2(CN1C(=O)[C@@H](NC(=O)[C@@H](NC(=O)[C@@H]1CCCN1CC)C1CCCCC1)C(C)(C)C)C(C)(C)C21CCC1)C(=O)NS(=O)(=O)C1(C)CC1. The summed E-state index contributed by atoms with van der Waals surface area (Å²) in [6.45, 7) is 19.6. The molecule has 2 heterocycles. The molecule has 0 aromatic rings. The van der Waals surface area contributed by atoms with E-state index in [4.69, 9.17) is 0 Å². The van der Waals surface area contributed by atoms with E-state index in [-0.39, 0.29) is 52.3 Å². The minimum atomic E-state index is -3.96. The molecular weight excluding hydrogens is 745 g/mol. The van der Waals surface area contributed by atoms with Crippen LogP contribution in [0, 0.1) is 33.5 Å². The third-order valence-electron chi connectivity index (χ3n) is 16.5. The summed E-state index contributed by atoms with van der Waals surface area (Å²) in [6, 6.07) is -3.04. The average molecular weight is 813 g/mol. The van der Waals surface area contributed by atoms with Crippen LogP contribution in [0.5, 0.6) is 0 Å². The molecule has 2 spiro atoms. The first kappa shape index (κ1) is 42.1. The summed E-state index contributed by atoms with van der Waals surface area (Å²) in [5, 5.41) is 9.25. The molecule has 0 bridgehead atoms. The van der Waals surface area contributed by atoms with E-state index in [0.717, 1.165) is 77.3 Å². The van der Waals surface area contributed by atoms with E-state index in [0.29, 0.717) is 25.8 Å². The first-order valence-electron chi connectivity index (χ1n) is 21.8. The number of carbonyl (C=O) groups is 5. The number of hydrogen-bond acceptors (Lipinski definition) is 8. The normalized spacial score (nSPS) is 33.5. The van der Waals surface area contributed by atoms with Crippen molar-refractivity contribution < 1.29 is 32.4 Å². The molecule has 7 fully saturated rings. The molecule has 0 aromatic carbocycles. The summed E-state index contributed by atoms with van der Waals surface area (Å²) in [5.41, 5.74) is -2.73. The van der Waals surface area contributed by atoms with Gasteiger partial charge < -0.3 is 20.9 Å². The Kier molecular flexibility index (Phi) is 10.6. The van der Waals surface area contributed by atoms with Crippen molar-refractivity contribution in [3.8, 4) is 0 Å². The van der Waals surface area contributed by atoms with Crippen LogP contribution in [0.2, 0.25) is 0 Å². The van der Waals surface area contributed by atoms with Gasteiger partial charge in [0.05, 0.1) is 10.8 Å². The zero-order valence-corrected chi connectivity index (χ0v) is 36.2. The van der Waals surface area contributed by atoms with Crippen LogP contribution in [-0.4, -0.2) is 102 Å².